The van der Waals surface area contributed by atoms with Gasteiger partial charge in [0.25, 0.3) is 0 Å². The predicted octanol–water partition coefficient (Wildman–Crippen LogP) is 1.24. The van der Waals surface area contributed by atoms with Crippen molar-refractivity contribution in [3.8, 4) is 0 Å². The molecule has 0 aliphatic carbocycles. The van der Waals surface area contributed by atoms with E-state index in [9.17, 15) is 12.8 Å². The highest BCUT2D eigenvalue weighted by Gasteiger charge is 2.14. The monoisotopic (exact) mass is 290 g/mol. The van der Waals surface area contributed by atoms with Crippen molar-refractivity contribution in [1.29, 1.82) is 0 Å². The minimum atomic E-state index is -3.69. The van der Waals surface area contributed by atoms with Gasteiger partial charge in [-0.15, -0.1) is 0 Å². The summed E-state index contributed by atoms with van der Waals surface area (Å²) < 4.78 is 39.2. The van der Waals surface area contributed by atoms with Crippen LogP contribution in [0.5, 0.6) is 0 Å². The maximum absolute atomic E-state index is 13.2. The van der Waals surface area contributed by atoms with Gasteiger partial charge in [-0.1, -0.05) is 12.8 Å². The maximum atomic E-state index is 13.2. The number of anilines is 1. The van der Waals surface area contributed by atoms with Crippen molar-refractivity contribution in [1.82, 2.24) is 4.72 Å². The number of nitrogens with two attached hydrogens (primary N) is 1. The highest BCUT2D eigenvalue weighted by Crippen LogP contribution is 2.16. The topological polar surface area (TPSA) is 92.4 Å². The van der Waals surface area contributed by atoms with Crippen molar-refractivity contribution in [3.63, 3.8) is 0 Å². The standard InChI is InChI=1S/C12H19FN2O3S/c13-11-9-10(5-6-12(11)14)19(17,18)15-7-3-1-2-4-8-16/h5-6,9,15-16H,1-4,7-8,14H2. The molecule has 0 bridgehead atoms. The zero-order valence-corrected chi connectivity index (χ0v) is 11.4. The molecular formula is C12H19FN2O3S. The third-order valence-electron chi connectivity index (χ3n) is 2.66. The predicted molar refractivity (Wildman–Crippen MR) is 71.6 cm³/mol. The Labute approximate surface area is 112 Å². The van der Waals surface area contributed by atoms with Crippen LogP contribution in [0.25, 0.3) is 0 Å². The van der Waals surface area contributed by atoms with Gasteiger partial charge in [0.2, 0.25) is 10.0 Å². The first-order valence-corrected chi connectivity index (χ1v) is 7.61. The van der Waals surface area contributed by atoms with Gasteiger partial charge in [-0.2, -0.15) is 0 Å². The van der Waals surface area contributed by atoms with Crippen LogP contribution in [-0.2, 0) is 10.0 Å². The first-order chi connectivity index (χ1) is 8.97. The number of nitrogens with one attached hydrogen (secondary N) is 1. The summed E-state index contributed by atoms with van der Waals surface area (Å²) >= 11 is 0. The Hall–Kier alpha value is -1.18. The Balaban J connectivity index is 2.49. The van der Waals surface area contributed by atoms with Crippen LogP contribution in [0.2, 0.25) is 0 Å². The SMILES string of the molecule is Nc1ccc(S(=O)(=O)NCCCCCCO)cc1F. The summed E-state index contributed by atoms with van der Waals surface area (Å²) in [6.07, 6.45) is 3.08. The fourth-order valence-electron chi connectivity index (χ4n) is 1.56. The molecule has 0 spiro atoms. The maximum Gasteiger partial charge on any atom is 0.240 e. The molecule has 1 rings (SSSR count). The quantitative estimate of drug-likeness (QED) is 0.496. The number of hydrogen-bond donors (Lipinski definition) is 3. The Bertz CT molecular complexity index is 506. The molecule has 108 valence electrons. The number of unbranched alkanes of at least 4 members (excludes halogenated alkanes) is 3. The van der Waals surface area contributed by atoms with Crippen LogP contribution in [0.4, 0.5) is 10.1 Å². The summed E-state index contributed by atoms with van der Waals surface area (Å²) in [5.41, 5.74) is 5.21. The molecule has 0 radical (unpaired) electrons. The summed E-state index contributed by atoms with van der Waals surface area (Å²) in [6.45, 7) is 0.441. The number of nitrogen functional groups attached to an aromatic ring is 1. The van der Waals surface area contributed by atoms with Crippen LogP contribution in [-0.4, -0.2) is 26.7 Å². The van der Waals surface area contributed by atoms with E-state index in [1.165, 1.54) is 12.1 Å². The molecule has 19 heavy (non-hydrogen) atoms. The van der Waals surface area contributed by atoms with E-state index in [1.807, 2.05) is 0 Å². The third kappa shape index (κ3) is 5.14. The fraction of sp³-hybridized carbons (Fsp3) is 0.500. The van der Waals surface area contributed by atoms with Crippen molar-refractivity contribution in [3.05, 3.63) is 24.0 Å². The molecule has 0 unspecified atom stereocenters. The van der Waals surface area contributed by atoms with Gasteiger partial charge in [-0.05, 0) is 31.0 Å². The van der Waals surface area contributed by atoms with Crippen LogP contribution in [0.1, 0.15) is 25.7 Å². The minimum absolute atomic E-state index is 0.0806. The molecular weight excluding hydrogens is 271 g/mol. The smallest absolute Gasteiger partial charge is 0.240 e. The molecule has 7 heteroatoms. The molecule has 0 aliphatic heterocycles. The second kappa shape index (κ2) is 7.42. The number of aliphatic hydroxyl groups is 1. The van der Waals surface area contributed by atoms with E-state index in [2.05, 4.69) is 4.72 Å². The second-order valence-corrected chi connectivity index (χ2v) is 5.99. The lowest BCUT2D eigenvalue weighted by Crippen LogP contribution is -2.25. The summed E-state index contributed by atoms with van der Waals surface area (Å²) in [7, 11) is -3.69. The molecule has 1 aromatic rings. The van der Waals surface area contributed by atoms with Crippen LogP contribution >= 0.6 is 0 Å². The number of sulfonamides is 1. The molecule has 0 saturated carbocycles. The van der Waals surface area contributed by atoms with E-state index in [4.69, 9.17) is 10.8 Å². The number of hydrogen-bond acceptors (Lipinski definition) is 4. The average Bonchev–Trinajstić information content (AvgIpc) is 2.36. The number of benzene rings is 1. The van der Waals surface area contributed by atoms with Crippen molar-refractivity contribution in [2.75, 3.05) is 18.9 Å². The number of halogens is 1. The lowest BCUT2D eigenvalue weighted by molar-refractivity contribution is 0.282. The Morgan fingerprint density at radius 3 is 2.53 bits per heavy atom. The summed E-state index contributed by atoms with van der Waals surface area (Å²) in [5.74, 6) is -0.745. The molecule has 0 aromatic heterocycles. The van der Waals surface area contributed by atoms with Gasteiger partial charge in [0, 0.05) is 13.2 Å². The van der Waals surface area contributed by atoms with E-state index in [-0.39, 0.29) is 17.2 Å². The van der Waals surface area contributed by atoms with Gasteiger partial charge < -0.3 is 10.8 Å². The Kier molecular flexibility index (Phi) is 6.20. The van der Waals surface area contributed by atoms with Crippen molar-refractivity contribution < 1.29 is 17.9 Å². The van der Waals surface area contributed by atoms with Gasteiger partial charge in [-0.25, -0.2) is 17.5 Å². The van der Waals surface area contributed by atoms with Gasteiger partial charge in [0.15, 0.2) is 0 Å². The average molecular weight is 290 g/mol. The zero-order valence-electron chi connectivity index (χ0n) is 10.6. The molecule has 4 N–H and O–H groups in total. The second-order valence-electron chi connectivity index (χ2n) is 4.22. The highest BCUT2D eigenvalue weighted by atomic mass is 32.2. The fourth-order valence-corrected chi connectivity index (χ4v) is 2.64. The van der Waals surface area contributed by atoms with Crippen molar-refractivity contribution in [2.24, 2.45) is 0 Å². The Morgan fingerprint density at radius 1 is 1.21 bits per heavy atom. The molecule has 0 fully saturated rings. The van der Waals surface area contributed by atoms with Crippen LogP contribution in [0.15, 0.2) is 23.1 Å². The summed E-state index contributed by atoms with van der Waals surface area (Å²) in [4.78, 5) is -0.130. The molecule has 0 saturated heterocycles. The zero-order chi connectivity index (χ0) is 14.3. The van der Waals surface area contributed by atoms with E-state index in [0.29, 0.717) is 13.0 Å². The van der Waals surface area contributed by atoms with Crippen molar-refractivity contribution >= 4 is 15.7 Å². The van der Waals surface area contributed by atoms with Gasteiger partial charge in [0.05, 0.1) is 10.6 Å². The molecule has 0 heterocycles. The molecule has 0 aliphatic rings. The van der Waals surface area contributed by atoms with E-state index >= 15 is 0 Å². The summed E-state index contributed by atoms with van der Waals surface area (Å²) in [6, 6.07) is 3.40. The first-order valence-electron chi connectivity index (χ1n) is 6.13. The Morgan fingerprint density at radius 2 is 1.89 bits per heavy atom. The molecule has 5 nitrogen and oxygen atoms in total. The third-order valence-corrected chi connectivity index (χ3v) is 4.12. The molecule has 0 atom stereocenters. The minimum Gasteiger partial charge on any atom is -0.396 e. The van der Waals surface area contributed by atoms with Crippen LogP contribution in [0, 0.1) is 5.82 Å². The largest absolute Gasteiger partial charge is 0.396 e. The summed E-state index contributed by atoms with van der Waals surface area (Å²) in [5, 5.41) is 8.59. The lowest BCUT2D eigenvalue weighted by Gasteiger charge is -2.07. The molecule has 0 amide bonds. The van der Waals surface area contributed by atoms with E-state index < -0.39 is 15.8 Å². The van der Waals surface area contributed by atoms with Gasteiger partial charge in [-0.3, -0.25) is 0 Å². The van der Waals surface area contributed by atoms with Gasteiger partial charge >= 0.3 is 0 Å². The van der Waals surface area contributed by atoms with E-state index in [0.717, 1.165) is 25.3 Å². The first kappa shape index (κ1) is 15.9. The van der Waals surface area contributed by atoms with Gasteiger partial charge in [0.1, 0.15) is 5.82 Å². The molecule has 1 aromatic carbocycles. The van der Waals surface area contributed by atoms with E-state index in [1.54, 1.807) is 0 Å². The lowest BCUT2D eigenvalue weighted by atomic mass is 10.2. The normalized spacial score (nSPS) is 11.7. The van der Waals surface area contributed by atoms with Crippen LogP contribution in [0.3, 0.4) is 0 Å². The highest BCUT2D eigenvalue weighted by molar-refractivity contribution is 7.89. The number of rotatable bonds is 8. The van der Waals surface area contributed by atoms with Crippen molar-refractivity contribution in [2.45, 2.75) is 30.6 Å². The van der Waals surface area contributed by atoms with Crippen LogP contribution < -0.4 is 10.5 Å². The number of aliphatic hydroxyl groups excluding tert-OH is 1.